The first kappa shape index (κ1) is 18.7. The van der Waals surface area contributed by atoms with Gasteiger partial charge in [-0.05, 0) is 44.5 Å². The van der Waals surface area contributed by atoms with E-state index in [1.165, 1.54) is 11.0 Å². The molecular weight excluding hydrogens is 333 g/mol. The number of para-hydroxylation sites is 1. The number of hydrogen-bond donors (Lipinski definition) is 1. The quantitative estimate of drug-likeness (QED) is 0.899. The Kier molecular flexibility index (Phi) is 6.18. The van der Waals surface area contributed by atoms with Crippen LogP contribution in [0, 0.1) is 11.7 Å². The van der Waals surface area contributed by atoms with E-state index in [4.69, 9.17) is 0 Å². The second-order valence-electron chi connectivity index (χ2n) is 6.22. The highest BCUT2D eigenvalue weighted by Gasteiger charge is 2.39. The van der Waals surface area contributed by atoms with E-state index in [9.17, 15) is 14.0 Å². The Labute approximate surface area is 147 Å². The summed E-state index contributed by atoms with van der Waals surface area (Å²) in [5.74, 6) is -0.592. The fraction of sp³-hybridized carbons (Fsp3) is 0.529. The Morgan fingerprint density at radius 3 is 2.58 bits per heavy atom. The van der Waals surface area contributed by atoms with Crippen LogP contribution in [0.25, 0.3) is 0 Å². The number of carbonyl (C=O) groups is 2. The van der Waals surface area contributed by atoms with Crippen molar-refractivity contribution < 1.29 is 14.0 Å². The maximum Gasteiger partial charge on any atom is 0.249 e. The number of benzene rings is 1. The van der Waals surface area contributed by atoms with Gasteiger partial charge in [-0.2, -0.15) is 0 Å². The maximum absolute atomic E-state index is 13.9. The lowest BCUT2D eigenvalue weighted by Gasteiger charge is -2.30. The first-order chi connectivity index (χ1) is 11.1. The van der Waals surface area contributed by atoms with Gasteiger partial charge in [0, 0.05) is 19.5 Å². The summed E-state index contributed by atoms with van der Waals surface area (Å²) in [5, 5.41) is 3.23. The Balaban J connectivity index is 0.00000208. The zero-order chi connectivity index (χ0) is 16.4. The molecule has 2 saturated heterocycles. The minimum atomic E-state index is -0.489. The molecule has 5 nitrogen and oxygen atoms in total. The highest BCUT2D eigenvalue weighted by molar-refractivity contribution is 6.01. The van der Waals surface area contributed by atoms with E-state index in [1.807, 2.05) is 0 Å². The Bertz CT molecular complexity index is 607. The van der Waals surface area contributed by atoms with Gasteiger partial charge in [-0.3, -0.25) is 9.59 Å². The molecule has 0 spiro atoms. The topological polar surface area (TPSA) is 52.7 Å². The van der Waals surface area contributed by atoms with Crippen molar-refractivity contribution in [2.75, 3.05) is 31.6 Å². The van der Waals surface area contributed by atoms with Crippen LogP contribution in [0.15, 0.2) is 24.3 Å². The van der Waals surface area contributed by atoms with Crippen molar-refractivity contribution in [3.05, 3.63) is 30.1 Å². The molecular formula is C17H23ClFN3O2. The van der Waals surface area contributed by atoms with Crippen LogP contribution in [0.4, 0.5) is 10.1 Å². The van der Waals surface area contributed by atoms with E-state index in [-0.39, 0.29) is 30.1 Å². The van der Waals surface area contributed by atoms with Crippen LogP contribution in [0.1, 0.15) is 19.3 Å². The third-order valence-electron chi connectivity index (χ3n) is 4.82. The molecule has 1 atom stereocenters. The summed E-state index contributed by atoms with van der Waals surface area (Å²) in [4.78, 5) is 28.3. The van der Waals surface area contributed by atoms with Crippen molar-refractivity contribution in [3.8, 4) is 0 Å². The van der Waals surface area contributed by atoms with Crippen molar-refractivity contribution in [2.24, 2.45) is 5.92 Å². The Morgan fingerprint density at radius 1 is 1.25 bits per heavy atom. The first-order valence-electron chi connectivity index (χ1n) is 8.13. The van der Waals surface area contributed by atoms with Crippen LogP contribution in [-0.4, -0.2) is 49.4 Å². The highest BCUT2D eigenvalue weighted by atomic mass is 35.5. The number of nitrogens with zero attached hydrogens (tertiary/aromatic N) is 2. The molecule has 2 heterocycles. The number of amides is 2. The molecule has 0 aromatic heterocycles. The number of carbonyl (C=O) groups excluding carboxylic acids is 2. The third-order valence-corrected chi connectivity index (χ3v) is 4.82. The lowest BCUT2D eigenvalue weighted by Crippen LogP contribution is -2.47. The molecule has 2 fully saturated rings. The molecule has 1 aromatic carbocycles. The predicted molar refractivity (Wildman–Crippen MR) is 92.8 cm³/mol. The molecule has 2 amide bonds. The van der Waals surface area contributed by atoms with Gasteiger partial charge in [-0.25, -0.2) is 4.39 Å². The maximum atomic E-state index is 13.9. The number of hydrogen-bond acceptors (Lipinski definition) is 3. The number of likely N-dealkylation sites (N-methyl/N-ethyl adjacent to an activating group) is 1. The van der Waals surface area contributed by atoms with Crippen molar-refractivity contribution in [2.45, 2.75) is 25.3 Å². The van der Waals surface area contributed by atoms with Crippen molar-refractivity contribution in [1.82, 2.24) is 10.2 Å². The molecule has 0 saturated carbocycles. The fourth-order valence-electron chi connectivity index (χ4n) is 3.44. The van der Waals surface area contributed by atoms with Gasteiger partial charge in [0.15, 0.2) is 0 Å². The smallest absolute Gasteiger partial charge is 0.249 e. The van der Waals surface area contributed by atoms with E-state index >= 15 is 0 Å². The van der Waals surface area contributed by atoms with Gasteiger partial charge in [0.2, 0.25) is 11.8 Å². The molecule has 7 heteroatoms. The standard InChI is InChI=1S/C17H22FN3O2.ClH/c1-20(16(22)12-6-9-19-10-7-12)15-8-11-21(17(15)23)14-5-3-2-4-13(14)18;/h2-5,12,15,19H,6-11H2,1H3;1H. The third kappa shape index (κ3) is 3.54. The van der Waals surface area contributed by atoms with Crippen molar-refractivity contribution in [1.29, 1.82) is 0 Å². The van der Waals surface area contributed by atoms with Crippen molar-refractivity contribution in [3.63, 3.8) is 0 Å². The second-order valence-corrected chi connectivity index (χ2v) is 6.22. The molecule has 2 aliphatic heterocycles. The molecule has 1 aromatic rings. The average molecular weight is 356 g/mol. The van der Waals surface area contributed by atoms with Crippen LogP contribution in [-0.2, 0) is 9.59 Å². The van der Waals surface area contributed by atoms with Crippen LogP contribution in [0.5, 0.6) is 0 Å². The van der Waals surface area contributed by atoms with Gasteiger partial charge in [-0.15, -0.1) is 12.4 Å². The summed E-state index contributed by atoms with van der Waals surface area (Å²) in [7, 11) is 1.69. The van der Waals surface area contributed by atoms with E-state index in [2.05, 4.69) is 5.32 Å². The largest absolute Gasteiger partial charge is 0.333 e. The fourth-order valence-corrected chi connectivity index (χ4v) is 3.44. The minimum absolute atomic E-state index is 0. The average Bonchev–Trinajstić information content (AvgIpc) is 2.96. The predicted octanol–water partition coefficient (Wildman–Crippen LogP) is 1.81. The van der Waals surface area contributed by atoms with Crippen LogP contribution >= 0.6 is 12.4 Å². The normalized spacial score (nSPS) is 21.5. The molecule has 1 unspecified atom stereocenters. The molecule has 1 N–H and O–H groups in total. The summed E-state index contributed by atoms with van der Waals surface area (Å²) in [6, 6.07) is 5.77. The minimum Gasteiger partial charge on any atom is -0.333 e. The lowest BCUT2D eigenvalue weighted by atomic mass is 9.96. The van der Waals surface area contributed by atoms with Gasteiger partial charge in [0.1, 0.15) is 11.9 Å². The van der Waals surface area contributed by atoms with E-state index < -0.39 is 11.9 Å². The summed E-state index contributed by atoms with van der Waals surface area (Å²) >= 11 is 0. The van der Waals surface area contributed by atoms with Crippen molar-refractivity contribution >= 4 is 29.9 Å². The number of anilines is 1. The summed E-state index contributed by atoms with van der Waals surface area (Å²) in [5.41, 5.74) is 0.294. The van der Waals surface area contributed by atoms with Crippen LogP contribution in [0.2, 0.25) is 0 Å². The molecule has 0 aliphatic carbocycles. The monoisotopic (exact) mass is 355 g/mol. The number of nitrogens with one attached hydrogen (secondary N) is 1. The summed E-state index contributed by atoms with van der Waals surface area (Å²) < 4.78 is 13.9. The molecule has 2 aliphatic rings. The highest BCUT2D eigenvalue weighted by Crippen LogP contribution is 2.27. The molecule has 0 bridgehead atoms. The number of halogens is 2. The molecule has 24 heavy (non-hydrogen) atoms. The number of rotatable bonds is 3. The van der Waals surface area contributed by atoms with Gasteiger partial charge < -0.3 is 15.1 Å². The zero-order valence-corrected chi connectivity index (χ0v) is 14.5. The zero-order valence-electron chi connectivity index (χ0n) is 13.7. The van der Waals surface area contributed by atoms with Crippen LogP contribution in [0.3, 0.4) is 0 Å². The second kappa shape index (κ2) is 7.94. The summed E-state index contributed by atoms with van der Waals surface area (Å²) in [6.45, 7) is 2.11. The van der Waals surface area contributed by atoms with E-state index in [1.54, 1.807) is 30.1 Å². The SMILES string of the molecule is CN(C(=O)C1CCNCC1)C1CCN(c2ccccc2F)C1=O.Cl. The van der Waals surface area contributed by atoms with Gasteiger partial charge in [0.05, 0.1) is 5.69 Å². The van der Waals surface area contributed by atoms with Crippen LogP contribution < -0.4 is 10.2 Å². The first-order valence-corrected chi connectivity index (χ1v) is 8.13. The van der Waals surface area contributed by atoms with E-state index in [0.29, 0.717) is 18.7 Å². The number of piperidine rings is 1. The van der Waals surface area contributed by atoms with Gasteiger partial charge >= 0.3 is 0 Å². The van der Waals surface area contributed by atoms with E-state index in [0.717, 1.165) is 25.9 Å². The Morgan fingerprint density at radius 2 is 1.92 bits per heavy atom. The lowest BCUT2D eigenvalue weighted by molar-refractivity contribution is -0.140. The van der Waals surface area contributed by atoms with Gasteiger partial charge in [-0.1, -0.05) is 12.1 Å². The summed E-state index contributed by atoms with van der Waals surface area (Å²) in [6.07, 6.45) is 2.16. The van der Waals surface area contributed by atoms with Gasteiger partial charge in [0.25, 0.3) is 0 Å². The molecule has 132 valence electrons. The molecule has 3 rings (SSSR count). The molecule has 0 radical (unpaired) electrons. The Hall–Kier alpha value is -1.66.